The van der Waals surface area contributed by atoms with Crippen LogP contribution in [-0.2, 0) is 16.1 Å². The van der Waals surface area contributed by atoms with Gasteiger partial charge in [-0.15, -0.1) is 0 Å². The molecule has 1 aliphatic carbocycles. The van der Waals surface area contributed by atoms with E-state index in [9.17, 15) is 24.8 Å². The maximum atomic E-state index is 13.1. The van der Waals surface area contributed by atoms with Crippen LogP contribution in [0.15, 0.2) is 66.2 Å². The Morgan fingerprint density at radius 1 is 1.14 bits per heavy atom. The van der Waals surface area contributed by atoms with Crippen molar-refractivity contribution in [3.63, 3.8) is 0 Å². The van der Waals surface area contributed by atoms with E-state index in [4.69, 9.17) is 0 Å². The van der Waals surface area contributed by atoms with Gasteiger partial charge in [-0.25, -0.2) is 0 Å². The van der Waals surface area contributed by atoms with Crippen molar-refractivity contribution >= 4 is 17.6 Å². The predicted molar refractivity (Wildman–Crippen MR) is 105 cm³/mol. The summed E-state index contributed by atoms with van der Waals surface area (Å²) in [5.74, 6) is -2.75. The summed E-state index contributed by atoms with van der Waals surface area (Å²) in [6.07, 6.45) is 2.10. The van der Waals surface area contributed by atoms with E-state index in [1.54, 1.807) is 6.08 Å². The summed E-state index contributed by atoms with van der Waals surface area (Å²) in [5.41, 5.74) is 0.487. The van der Waals surface area contributed by atoms with E-state index in [0.717, 1.165) is 11.1 Å². The van der Waals surface area contributed by atoms with E-state index in [-0.39, 0.29) is 18.7 Å². The molecule has 7 heteroatoms. The number of hydrogen-bond acceptors (Lipinski definition) is 5. The van der Waals surface area contributed by atoms with Crippen molar-refractivity contribution in [3.8, 4) is 0 Å². The lowest BCUT2D eigenvalue weighted by atomic mass is 9.63. The minimum Gasteiger partial charge on any atom is -0.549 e. The van der Waals surface area contributed by atoms with E-state index in [0.29, 0.717) is 12.0 Å². The number of carboxylic acid groups (broad SMARTS) is 1. The standard InChI is InChI=1S/C22H22N2O5/c1-15-11-12-22(21(26)27,20(25)23-14-16-5-3-2-4-6-16)19(13-15)17-7-9-18(10-8-17)24(28)29/h2-11,19H,12-14H2,1H3,(H,23,25)(H,26,27)/p-1/t19-,22-/m1/s1. The largest absolute Gasteiger partial charge is 0.549 e. The highest BCUT2D eigenvalue weighted by Crippen LogP contribution is 2.47. The molecule has 1 aliphatic rings. The molecule has 0 aromatic heterocycles. The number of amides is 1. The summed E-state index contributed by atoms with van der Waals surface area (Å²) >= 11 is 0. The molecule has 3 rings (SSSR count). The average Bonchev–Trinajstić information content (AvgIpc) is 2.72. The number of non-ortho nitro benzene ring substituents is 1. The Labute approximate surface area is 168 Å². The highest BCUT2D eigenvalue weighted by atomic mass is 16.6. The monoisotopic (exact) mass is 393 g/mol. The lowest BCUT2D eigenvalue weighted by Crippen LogP contribution is -2.56. The molecule has 0 aliphatic heterocycles. The normalized spacial score (nSPS) is 21.1. The Morgan fingerprint density at radius 2 is 1.79 bits per heavy atom. The van der Waals surface area contributed by atoms with Crippen molar-refractivity contribution in [1.82, 2.24) is 5.32 Å². The molecule has 2 aromatic rings. The van der Waals surface area contributed by atoms with Crippen LogP contribution >= 0.6 is 0 Å². The number of carboxylic acids is 1. The van der Waals surface area contributed by atoms with Gasteiger partial charge >= 0.3 is 0 Å². The second-order valence-corrected chi connectivity index (χ2v) is 7.29. The summed E-state index contributed by atoms with van der Waals surface area (Å²) in [6.45, 7) is 2.07. The van der Waals surface area contributed by atoms with Crippen LogP contribution in [0.1, 0.15) is 36.8 Å². The molecule has 0 bridgehead atoms. The Bertz CT molecular complexity index is 953. The third kappa shape index (κ3) is 4.03. The van der Waals surface area contributed by atoms with Crippen LogP contribution in [0.25, 0.3) is 0 Å². The first-order valence-electron chi connectivity index (χ1n) is 9.28. The zero-order valence-electron chi connectivity index (χ0n) is 16.0. The van der Waals surface area contributed by atoms with Gasteiger partial charge in [0.05, 0.1) is 16.3 Å². The molecule has 0 unspecified atom stereocenters. The Kier molecular flexibility index (Phi) is 5.77. The molecule has 0 saturated carbocycles. The third-order valence-electron chi connectivity index (χ3n) is 5.47. The zero-order valence-corrected chi connectivity index (χ0v) is 16.0. The molecular weight excluding hydrogens is 372 g/mol. The van der Waals surface area contributed by atoms with Gasteiger partial charge in [-0.3, -0.25) is 14.9 Å². The molecular formula is C22H21N2O5-. The van der Waals surface area contributed by atoms with Gasteiger partial charge in [-0.1, -0.05) is 54.1 Å². The third-order valence-corrected chi connectivity index (χ3v) is 5.47. The van der Waals surface area contributed by atoms with Crippen molar-refractivity contribution in [1.29, 1.82) is 0 Å². The molecule has 150 valence electrons. The molecule has 29 heavy (non-hydrogen) atoms. The number of nitro groups is 1. The Morgan fingerprint density at radius 3 is 2.38 bits per heavy atom. The first kappa shape index (κ1) is 20.3. The molecule has 0 radical (unpaired) electrons. The number of nitrogens with zero attached hydrogens (tertiary/aromatic N) is 1. The number of nitro benzene ring substituents is 1. The Balaban J connectivity index is 1.95. The number of carbonyl (C=O) groups excluding carboxylic acids is 2. The number of rotatable bonds is 6. The van der Waals surface area contributed by atoms with Gasteiger partial charge < -0.3 is 15.2 Å². The van der Waals surface area contributed by atoms with Crippen molar-refractivity contribution < 1.29 is 19.6 Å². The van der Waals surface area contributed by atoms with Gasteiger partial charge in [0.15, 0.2) is 0 Å². The van der Waals surface area contributed by atoms with Crippen LogP contribution in [0.5, 0.6) is 0 Å². The number of nitrogens with one attached hydrogen (secondary N) is 1. The second-order valence-electron chi connectivity index (χ2n) is 7.29. The number of hydrogen-bond donors (Lipinski definition) is 1. The molecule has 1 amide bonds. The van der Waals surface area contributed by atoms with Crippen LogP contribution in [-0.4, -0.2) is 16.8 Å². The summed E-state index contributed by atoms with van der Waals surface area (Å²) in [5, 5.41) is 26.0. The van der Waals surface area contributed by atoms with Crippen molar-refractivity contribution in [2.24, 2.45) is 5.41 Å². The smallest absolute Gasteiger partial charge is 0.269 e. The fourth-order valence-electron chi connectivity index (χ4n) is 3.79. The van der Waals surface area contributed by atoms with Gasteiger partial charge in [0, 0.05) is 24.6 Å². The maximum Gasteiger partial charge on any atom is 0.269 e. The lowest BCUT2D eigenvalue weighted by Gasteiger charge is -2.43. The summed E-state index contributed by atoms with van der Waals surface area (Å²) in [7, 11) is 0. The summed E-state index contributed by atoms with van der Waals surface area (Å²) in [6, 6.07) is 14.9. The topological polar surface area (TPSA) is 112 Å². The van der Waals surface area contributed by atoms with Gasteiger partial charge in [-0.2, -0.15) is 0 Å². The van der Waals surface area contributed by atoms with Crippen molar-refractivity contribution in [2.45, 2.75) is 32.2 Å². The highest BCUT2D eigenvalue weighted by molar-refractivity contribution is 6.02. The van der Waals surface area contributed by atoms with E-state index in [2.05, 4.69) is 5.32 Å². The summed E-state index contributed by atoms with van der Waals surface area (Å²) < 4.78 is 0. The molecule has 1 N–H and O–H groups in total. The molecule has 0 fully saturated rings. The predicted octanol–water partition coefficient (Wildman–Crippen LogP) is 2.47. The first-order valence-corrected chi connectivity index (χ1v) is 9.28. The van der Waals surface area contributed by atoms with Gasteiger partial charge in [0.25, 0.3) is 5.69 Å². The van der Waals surface area contributed by atoms with Crippen LogP contribution in [0, 0.1) is 15.5 Å². The molecule has 0 saturated heterocycles. The van der Waals surface area contributed by atoms with E-state index < -0.39 is 28.1 Å². The molecule has 2 atom stereocenters. The van der Waals surface area contributed by atoms with Crippen LogP contribution in [0.3, 0.4) is 0 Å². The highest BCUT2D eigenvalue weighted by Gasteiger charge is 2.48. The van der Waals surface area contributed by atoms with E-state index >= 15 is 0 Å². The van der Waals surface area contributed by atoms with Crippen molar-refractivity contribution in [2.75, 3.05) is 0 Å². The van der Waals surface area contributed by atoms with Crippen LogP contribution in [0.4, 0.5) is 5.69 Å². The number of carbonyl (C=O) groups is 2. The minimum absolute atomic E-state index is 0.00342. The molecule has 0 heterocycles. The second kappa shape index (κ2) is 8.26. The lowest BCUT2D eigenvalue weighted by molar-refractivity contribution is -0.384. The van der Waals surface area contributed by atoms with E-state index in [1.165, 1.54) is 24.3 Å². The number of benzene rings is 2. The van der Waals surface area contributed by atoms with Gasteiger partial charge in [-0.05, 0) is 30.9 Å². The van der Waals surface area contributed by atoms with Crippen molar-refractivity contribution in [3.05, 3.63) is 87.5 Å². The van der Waals surface area contributed by atoms with Gasteiger partial charge in [0.2, 0.25) is 5.91 Å². The SMILES string of the molecule is CC1=CC[C@](C(=O)[O-])(C(=O)NCc2ccccc2)[C@@H](c2ccc([N+](=O)[O-])cc2)C1. The minimum atomic E-state index is -1.79. The zero-order chi connectivity index (χ0) is 21.0. The molecule has 7 nitrogen and oxygen atoms in total. The Hall–Kier alpha value is -3.48. The van der Waals surface area contributed by atoms with Crippen LogP contribution < -0.4 is 10.4 Å². The number of aliphatic carboxylic acids is 1. The first-order chi connectivity index (χ1) is 13.8. The number of allylic oxidation sites excluding steroid dienone is 2. The average molecular weight is 393 g/mol. The maximum absolute atomic E-state index is 13.1. The van der Waals surface area contributed by atoms with E-state index in [1.807, 2.05) is 37.3 Å². The fourth-order valence-corrected chi connectivity index (χ4v) is 3.79. The quantitative estimate of drug-likeness (QED) is 0.351. The summed E-state index contributed by atoms with van der Waals surface area (Å²) in [4.78, 5) is 35.8. The van der Waals surface area contributed by atoms with Gasteiger partial charge in [0.1, 0.15) is 0 Å². The molecule has 0 spiro atoms. The molecule has 2 aromatic carbocycles. The van der Waals surface area contributed by atoms with Crippen LogP contribution in [0.2, 0.25) is 0 Å². The fraction of sp³-hybridized carbons (Fsp3) is 0.273.